The van der Waals surface area contributed by atoms with E-state index in [-0.39, 0.29) is 34.5 Å². The number of rotatable bonds is 10. The normalized spacial score (nSPS) is 14.4. The molecule has 0 unspecified atom stereocenters. The van der Waals surface area contributed by atoms with Crippen LogP contribution in [0.1, 0.15) is 27.3 Å². The van der Waals surface area contributed by atoms with Gasteiger partial charge >= 0.3 is 0 Å². The SMILES string of the molecule is COc1cc(/C=N/NC(=O)c2nnn(-c3nonc3N)c2CN2CCN(C)CC2)ccc1OCc1c(F)cccc1Cl. The highest BCUT2D eigenvalue weighted by atomic mass is 35.5. The molecule has 2 aromatic heterocycles. The van der Waals surface area contributed by atoms with Crippen LogP contribution in [0.5, 0.6) is 11.5 Å². The number of nitrogens with one attached hydrogen (secondary N) is 1. The fraction of sp³-hybridized carbons (Fsp3) is 0.308. The van der Waals surface area contributed by atoms with Gasteiger partial charge in [0.15, 0.2) is 17.2 Å². The van der Waals surface area contributed by atoms with Gasteiger partial charge in [-0.2, -0.15) is 9.78 Å². The molecule has 4 aromatic rings. The van der Waals surface area contributed by atoms with Gasteiger partial charge in [0, 0.05) is 38.3 Å². The fourth-order valence-electron chi connectivity index (χ4n) is 4.27. The highest BCUT2D eigenvalue weighted by molar-refractivity contribution is 6.31. The number of ether oxygens (including phenoxy) is 2. The quantitative estimate of drug-likeness (QED) is 0.203. The van der Waals surface area contributed by atoms with Crippen molar-refractivity contribution in [3.63, 3.8) is 0 Å². The van der Waals surface area contributed by atoms with Crippen molar-refractivity contribution in [2.45, 2.75) is 13.2 Å². The monoisotopic (exact) mass is 598 g/mol. The highest BCUT2D eigenvalue weighted by Crippen LogP contribution is 2.30. The smallest absolute Gasteiger partial charge is 0.293 e. The standard InChI is InChI=1S/C26H28ClFN10O4/c1-36-8-10-37(11-9-36)14-20-23(31-35-38(20)25-24(29)33-42-34-25)26(39)32-30-13-16-6-7-21(22(12-16)40-2)41-15-17-18(27)4-3-5-19(17)28/h3-7,12-13H,8-11,14-15H2,1-2H3,(H2,29,33)(H,32,39)/b30-13+. The molecule has 42 heavy (non-hydrogen) atoms. The maximum atomic E-state index is 14.1. The molecule has 0 atom stereocenters. The first-order valence-electron chi connectivity index (χ1n) is 12.8. The van der Waals surface area contributed by atoms with Gasteiger partial charge in [-0.3, -0.25) is 9.69 Å². The van der Waals surface area contributed by atoms with Crippen LogP contribution in [-0.2, 0) is 13.2 Å². The Morgan fingerprint density at radius 2 is 2.02 bits per heavy atom. The second-order valence-electron chi connectivity index (χ2n) is 9.45. The van der Waals surface area contributed by atoms with Crippen LogP contribution in [0.15, 0.2) is 46.1 Å². The first-order chi connectivity index (χ1) is 20.3. The molecule has 220 valence electrons. The Morgan fingerprint density at radius 1 is 1.21 bits per heavy atom. The number of nitrogen functional groups attached to an aromatic ring is 1. The Kier molecular flexibility index (Phi) is 8.90. The first-order valence-corrected chi connectivity index (χ1v) is 13.2. The zero-order valence-electron chi connectivity index (χ0n) is 22.8. The average Bonchev–Trinajstić information content (AvgIpc) is 3.59. The molecule has 0 bridgehead atoms. The number of aromatic nitrogens is 5. The summed E-state index contributed by atoms with van der Waals surface area (Å²) in [4.78, 5) is 17.5. The van der Waals surface area contributed by atoms with E-state index in [4.69, 9.17) is 31.4 Å². The van der Waals surface area contributed by atoms with Crippen molar-refractivity contribution in [1.29, 1.82) is 0 Å². The molecule has 0 aliphatic carbocycles. The summed E-state index contributed by atoms with van der Waals surface area (Å²) < 4.78 is 31.3. The van der Waals surface area contributed by atoms with Gasteiger partial charge in [-0.05, 0) is 53.3 Å². The van der Waals surface area contributed by atoms with Crippen LogP contribution < -0.4 is 20.6 Å². The van der Waals surface area contributed by atoms with E-state index in [0.29, 0.717) is 29.3 Å². The second-order valence-corrected chi connectivity index (χ2v) is 9.85. The summed E-state index contributed by atoms with van der Waals surface area (Å²) >= 11 is 6.09. The number of nitrogens with zero attached hydrogens (tertiary/aromatic N) is 8. The van der Waals surface area contributed by atoms with E-state index in [0.717, 1.165) is 26.2 Å². The van der Waals surface area contributed by atoms with Gasteiger partial charge in [-0.1, -0.05) is 22.9 Å². The Morgan fingerprint density at radius 3 is 2.74 bits per heavy atom. The van der Waals surface area contributed by atoms with Gasteiger partial charge in [-0.25, -0.2) is 14.4 Å². The van der Waals surface area contributed by atoms with Crippen LogP contribution >= 0.6 is 11.6 Å². The molecular weight excluding hydrogens is 571 g/mol. The number of anilines is 1. The van der Waals surface area contributed by atoms with Crippen LogP contribution in [0.4, 0.5) is 10.2 Å². The minimum absolute atomic E-state index is 0.0166. The molecule has 16 heteroatoms. The number of likely N-dealkylation sites (N-methyl/N-ethyl adjacent to an activating group) is 1. The minimum atomic E-state index is -0.578. The third kappa shape index (κ3) is 6.48. The number of piperazine rings is 1. The van der Waals surface area contributed by atoms with Crippen molar-refractivity contribution >= 4 is 29.5 Å². The molecule has 1 saturated heterocycles. The van der Waals surface area contributed by atoms with E-state index >= 15 is 0 Å². The molecule has 1 amide bonds. The van der Waals surface area contributed by atoms with E-state index in [9.17, 15) is 9.18 Å². The molecule has 0 saturated carbocycles. The predicted octanol–water partition coefficient (Wildman–Crippen LogP) is 2.12. The summed E-state index contributed by atoms with van der Waals surface area (Å²) in [5.41, 5.74) is 9.72. The molecule has 1 aliphatic heterocycles. The fourth-order valence-corrected chi connectivity index (χ4v) is 4.49. The van der Waals surface area contributed by atoms with Crippen LogP contribution in [0, 0.1) is 5.82 Å². The maximum Gasteiger partial charge on any atom is 0.293 e. The van der Waals surface area contributed by atoms with Gasteiger partial charge in [-0.15, -0.1) is 5.10 Å². The number of benzene rings is 2. The van der Waals surface area contributed by atoms with Gasteiger partial charge in [0.2, 0.25) is 11.6 Å². The third-order valence-corrected chi connectivity index (χ3v) is 7.00. The number of hydrogen-bond donors (Lipinski definition) is 2. The Labute approximate surface area is 244 Å². The molecule has 2 aromatic carbocycles. The minimum Gasteiger partial charge on any atom is -0.493 e. The molecule has 0 spiro atoms. The first kappa shape index (κ1) is 28.9. The number of halogens is 2. The largest absolute Gasteiger partial charge is 0.493 e. The summed E-state index contributed by atoms with van der Waals surface area (Å²) in [7, 11) is 3.53. The highest BCUT2D eigenvalue weighted by Gasteiger charge is 2.26. The van der Waals surface area contributed by atoms with Crippen molar-refractivity contribution in [2.75, 3.05) is 46.1 Å². The summed E-state index contributed by atoms with van der Waals surface area (Å²) in [6.45, 7) is 3.63. The molecule has 1 aliphatic rings. The topological polar surface area (TPSA) is 162 Å². The number of nitrogens with two attached hydrogens (primary N) is 1. The van der Waals surface area contributed by atoms with Gasteiger partial charge < -0.3 is 20.1 Å². The number of hydrazone groups is 1. The summed E-state index contributed by atoms with van der Waals surface area (Å²) in [5.74, 6) is -0.123. The van der Waals surface area contributed by atoms with Crippen molar-refractivity contribution in [3.05, 3.63) is 69.8 Å². The number of carbonyl (C=O) groups excluding carboxylic acids is 1. The zero-order valence-corrected chi connectivity index (χ0v) is 23.6. The zero-order chi connectivity index (χ0) is 29.6. The molecule has 5 rings (SSSR count). The molecule has 14 nitrogen and oxygen atoms in total. The molecule has 0 radical (unpaired) electrons. The number of methoxy groups -OCH3 is 1. The van der Waals surface area contributed by atoms with Crippen LogP contribution in [-0.4, -0.2) is 87.6 Å². The molecule has 3 N–H and O–H groups in total. The average molecular weight is 599 g/mol. The lowest BCUT2D eigenvalue weighted by Gasteiger charge is -2.32. The second kappa shape index (κ2) is 12.9. The molecular formula is C26H28ClFN10O4. The maximum absolute atomic E-state index is 14.1. The number of amides is 1. The summed E-state index contributed by atoms with van der Waals surface area (Å²) in [5, 5.41) is 19.9. The van der Waals surface area contributed by atoms with Crippen molar-refractivity contribution < 1.29 is 23.3 Å². The third-order valence-electron chi connectivity index (χ3n) is 6.64. The van der Waals surface area contributed by atoms with Gasteiger partial charge in [0.05, 0.1) is 24.0 Å². The van der Waals surface area contributed by atoms with Crippen LogP contribution in [0.2, 0.25) is 5.02 Å². The predicted molar refractivity (Wildman–Crippen MR) is 150 cm³/mol. The lowest BCUT2D eigenvalue weighted by atomic mass is 10.2. The molecule has 3 heterocycles. The van der Waals surface area contributed by atoms with E-state index in [2.05, 4.69) is 48.0 Å². The molecule has 1 fully saturated rings. The van der Waals surface area contributed by atoms with E-state index in [1.54, 1.807) is 24.3 Å². The van der Waals surface area contributed by atoms with E-state index in [1.807, 2.05) is 0 Å². The van der Waals surface area contributed by atoms with Gasteiger partial charge in [0.25, 0.3) is 5.91 Å². The lowest BCUT2D eigenvalue weighted by Crippen LogP contribution is -2.44. The van der Waals surface area contributed by atoms with Crippen LogP contribution in [0.3, 0.4) is 0 Å². The summed E-state index contributed by atoms with van der Waals surface area (Å²) in [6, 6.07) is 9.43. The van der Waals surface area contributed by atoms with Crippen LogP contribution in [0.25, 0.3) is 5.82 Å². The Hall–Kier alpha value is -4.60. The van der Waals surface area contributed by atoms with E-state index < -0.39 is 11.7 Å². The van der Waals surface area contributed by atoms with E-state index in [1.165, 1.54) is 30.1 Å². The van der Waals surface area contributed by atoms with Crippen molar-refractivity contribution in [3.8, 4) is 17.3 Å². The summed E-state index contributed by atoms with van der Waals surface area (Å²) in [6.07, 6.45) is 1.43. The van der Waals surface area contributed by atoms with Crippen molar-refractivity contribution in [2.24, 2.45) is 5.10 Å². The number of hydrogen-bond acceptors (Lipinski definition) is 12. The Bertz CT molecular complexity index is 1560. The lowest BCUT2D eigenvalue weighted by molar-refractivity contribution is 0.0946. The van der Waals surface area contributed by atoms with Gasteiger partial charge in [0.1, 0.15) is 12.4 Å². The number of carbonyl (C=O) groups is 1. The van der Waals surface area contributed by atoms with Crippen molar-refractivity contribution in [1.82, 2.24) is 40.5 Å². The Balaban J connectivity index is 1.29.